The van der Waals surface area contributed by atoms with E-state index in [0.29, 0.717) is 11.4 Å². The molecule has 0 radical (unpaired) electrons. The van der Waals surface area contributed by atoms with Gasteiger partial charge in [0.25, 0.3) is 5.91 Å². The number of aryl methyl sites for hydroxylation is 2. The second kappa shape index (κ2) is 8.00. The fraction of sp³-hybridized carbons (Fsp3) is 0.208. The minimum atomic E-state index is -0.180. The van der Waals surface area contributed by atoms with E-state index in [1.807, 2.05) is 49.4 Å². The van der Waals surface area contributed by atoms with E-state index in [-0.39, 0.29) is 5.91 Å². The number of benzene rings is 1. The Morgan fingerprint density at radius 1 is 1.10 bits per heavy atom. The molecule has 4 aromatic rings. The van der Waals surface area contributed by atoms with Crippen LogP contribution in [-0.4, -0.2) is 27.2 Å². The lowest BCUT2D eigenvalue weighted by molar-refractivity contribution is 0.102. The summed E-state index contributed by atoms with van der Waals surface area (Å²) in [5, 5.41) is 9.56. The first-order valence-electron chi connectivity index (χ1n) is 10.3. The summed E-state index contributed by atoms with van der Waals surface area (Å²) in [6.45, 7) is 5.89. The van der Waals surface area contributed by atoms with Crippen LogP contribution in [0.5, 0.6) is 0 Å². The van der Waals surface area contributed by atoms with E-state index in [2.05, 4.69) is 43.9 Å². The highest BCUT2D eigenvalue weighted by molar-refractivity contribution is 7.10. The summed E-state index contributed by atoms with van der Waals surface area (Å²) in [4.78, 5) is 20.9. The molecule has 0 fully saturated rings. The molecule has 1 aromatic carbocycles. The van der Waals surface area contributed by atoms with Gasteiger partial charge in [-0.3, -0.25) is 4.79 Å². The van der Waals surface area contributed by atoms with Gasteiger partial charge in [0.1, 0.15) is 0 Å². The number of rotatable bonds is 4. The zero-order valence-corrected chi connectivity index (χ0v) is 18.3. The van der Waals surface area contributed by atoms with Crippen LogP contribution >= 0.6 is 11.3 Å². The molecule has 1 amide bonds. The number of thiophene rings is 1. The van der Waals surface area contributed by atoms with Crippen LogP contribution in [0.2, 0.25) is 0 Å². The van der Waals surface area contributed by atoms with Crippen LogP contribution in [-0.2, 0) is 13.0 Å². The summed E-state index contributed by atoms with van der Waals surface area (Å²) in [7, 11) is 0. The van der Waals surface area contributed by atoms with E-state index >= 15 is 0 Å². The Hall–Kier alpha value is -3.45. The fourth-order valence-corrected chi connectivity index (χ4v) is 4.82. The maximum absolute atomic E-state index is 12.6. The lowest BCUT2D eigenvalue weighted by atomic mass is 10.1. The number of hydrogen-bond donors (Lipinski definition) is 1. The summed E-state index contributed by atoms with van der Waals surface area (Å²) < 4.78 is 1.77. The molecule has 0 bridgehead atoms. The van der Waals surface area contributed by atoms with E-state index in [0.717, 1.165) is 36.6 Å². The Morgan fingerprint density at radius 2 is 1.94 bits per heavy atom. The van der Waals surface area contributed by atoms with Gasteiger partial charge in [0.15, 0.2) is 5.82 Å². The van der Waals surface area contributed by atoms with Gasteiger partial charge in [-0.25, -0.2) is 9.67 Å². The monoisotopic (exact) mass is 429 g/mol. The van der Waals surface area contributed by atoms with E-state index < -0.39 is 0 Å². The maximum Gasteiger partial charge on any atom is 0.257 e. The van der Waals surface area contributed by atoms with Crippen molar-refractivity contribution in [2.75, 3.05) is 16.8 Å². The first-order chi connectivity index (χ1) is 15.1. The van der Waals surface area contributed by atoms with Gasteiger partial charge in [0.2, 0.25) is 0 Å². The topological polar surface area (TPSA) is 63.1 Å². The number of anilines is 2. The SMILES string of the molecule is Cc1cc(C)n(-c2ccc(C(=O)Nc3ccc(N4CCc5sccc5C4)cc3)cn2)n1. The van der Waals surface area contributed by atoms with E-state index in [1.165, 1.54) is 16.1 Å². The van der Waals surface area contributed by atoms with Gasteiger partial charge in [-0.1, -0.05) is 0 Å². The number of nitrogens with zero attached hydrogens (tertiary/aromatic N) is 4. The molecule has 0 aliphatic carbocycles. The van der Waals surface area contributed by atoms with Crippen molar-refractivity contribution in [2.45, 2.75) is 26.8 Å². The molecular formula is C24H23N5OS. The van der Waals surface area contributed by atoms with Gasteiger partial charge < -0.3 is 10.2 Å². The molecule has 156 valence electrons. The number of carbonyl (C=O) groups is 1. The van der Waals surface area contributed by atoms with Crippen LogP contribution in [0, 0.1) is 13.8 Å². The van der Waals surface area contributed by atoms with Crippen molar-refractivity contribution in [3.63, 3.8) is 0 Å². The number of nitrogens with one attached hydrogen (secondary N) is 1. The van der Waals surface area contributed by atoms with Gasteiger partial charge in [-0.2, -0.15) is 5.10 Å². The average Bonchev–Trinajstić information content (AvgIpc) is 3.39. The van der Waals surface area contributed by atoms with Crippen molar-refractivity contribution in [1.82, 2.24) is 14.8 Å². The molecule has 3 aromatic heterocycles. The highest BCUT2D eigenvalue weighted by atomic mass is 32.1. The molecular weight excluding hydrogens is 406 g/mol. The van der Waals surface area contributed by atoms with Gasteiger partial charge in [0.05, 0.1) is 11.3 Å². The number of pyridine rings is 1. The van der Waals surface area contributed by atoms with Crippen LogP contribution in [0.1, 0.15) is 32.2 Å². The van der Waals surface area contributed by atoms with Gasteiger partial charge in [0, 0.05) is 41.2 Å². The standard InChI is InChI=1S/C24H23N5OS/c1-16-13-17(2)29(27-16)23-8-3-18(14-25-23)24(30)26-20-4-6-21(7-5-20)28-11-9-22-19(15-28)10-12-31-22/h3-8,10,12-14H,9,11,15H2,1-2H3,(H,26,30). The summed E-state index contributed by atoms with van der Waals surface area (Å²) in [6, 6.07) is 15.8. The lowest BCUT2D eigenvalue weighted by Crippen LogP contribution is -2.29. The van der Waals surface area contributed by atoms with Crippen LogP contribution < -0.4 is 10.2 Å². The van der Waals surface area contributed by atoms with Crippen LogP contribution in [0.4, 0.5) is 11.4 Å². The minimum absolute atomic E-state index is 0.180. The van der Waals surface area contributed by atoms with Gasteiger partial charge in [-0.05, 0) is 79.7 Å². The molecule has 1 N–H and O–H groups in total. The molecule has 0 saturated heterocycles. The van der Waals surface area contributed by atoms with Crippen LogP contribution in [0.3, 0.4) is 0 Å². The average molecular weight is 430 g/mol. The third-order valence-electron chi connectivity index (χ3n) is 5.53. The Labute approximate surface area is 185 Å². The molecule has 0 atom stereocenters. The molecule has 4 heterocycles. The third-order valence-corrected chi connectivity index (χ3v) is 6.56. The molecule has 1 aliphatic rings. The van der Waals surface area contributed by atoms with E-state index in [1.54, 1.807) is 16.9 Å². The minimum Gasteiger partial charge on any atom is -0.367 e. The quantitative estimate of drug-likeness (QED) is 0.508. The van der Waals surface area contributed by atoms with Gasteiger partial charge in [-0.15, -0.1) is 11.3 Å². The first kappa shape index (κ1) is 19.5. The number of aromatic nitrogens is 3. The van der Waals surface area contributed by atoms with E-state index in [9.17, 15) is 4.79 Å². The van der Waals surface area contributed by atoms with Gasteiger partial charge >= 0.3 is 0 Å². The van der Waals surface area contributed by atoms with Crippen molar-refractivity contribution >= 4 is 28.6 Å². The normalized spacial score (nSPS) is 13.2. The smallest absolute Gasteiger partial charge is 0.257 e. The Morgan fingerprint density at radius 3 is 2.65 bits per heavy atom. The van der Waals surface area contributed by atoms with Crippen LogP contribution in [0.25, 0.3) is 5.82 Å². The summed E-state index contributed by atoms with van der Waals surface area (Å²) >= 11 is 1.85. The summed E-state index contributed by atoms with van der Waals surface area (Å²) in [5.41, 5.74) is 5.81. The summed E-state index contributed by atoms with van der Waals surface area (Å²) in [5.74, 6) is 0.517. The Balaban J connectivity index is 1.25. The zero-order valence-electron chi connectivity index (χ0n) is 17.5. The highest BCUT2D eigenvalue weighted by Gasteiger charge is 2.17. The van der Waals surface area contributed by atoms with Crippen molar-refractivity contribution < 1.29 is 4.79 Å². The number of carbonyl (C=O) groups excluding carboxylic acids is 1. The number of fused-ring (bicyclic) bond motifs is 1. The Bertz CT molecular complexity index is 1220. The predicted octanol–water partition coefficient (Wildman–Crippen LogP) is 4.76. The molecule has 0 saturated carbocycles. The van der Waals surface area contributed by atoms with Crippen LogP contribution in [0.15, 0.2) is 60.1 Å². The lowest BCUT2D eigenvalue weighted by Gasteiger charge is -2.29. The second-order valence-corrected chi connectivity index (χ2v) is 8.79. The molecule has 0 spiro atoms. The molecule has 5 rings (SSSR count). The molecule has 0 unspecified atom stereocenters. The predicted molar refractivity (Wildman–Crippen MR) is 124 cm³/mol. The zero-order chi connectivity index (χ0) is 21.4. The highest BCUT2D eigenvalue weighted by Crippen LogP contribution is 2.28. The van der Waals surface area contributed by atoms with Crippen molar-refractivity contribution in [2.24, 2.45) is 0 Å². The number of amides is 1. The third kappa shape index (κ3) is 3.96. The van der Waals surface area contributed by atoms with Crippen molar-refractivity contribution in [3.05, 3.63) is 87.5 Å². The fourth-order valence-electron chi connectivity index (χ4n) is 3.93. The van der Waals surface area contributed by atoms with Crippen molar-refractivity contribution in [3.8, 4) is 5.82 Å². The van der Waals surface area contributed by atoms with Crippen molar-refractivity contribution in [1.29, 1.82) is 0 Å². The number of hydrogen-bond acceptors (Lipinski definition) is 5. The second-order valence-electron chi connectivity index (χ2n) is 7.79. The summed E-state index contributed by atoms with van der Waals surface area (Å²) in [6.07, 6.45) is 2.67. The molecule has 1 aliphatic heterocycles. The van der Waals surface area contributed by atoms with E-state index in [4.69, 9.17) is 0 Å². The Kier molecular flexibility index (Phi) is 5.03. The first-order valence-corrected chi connectivity index (χ1v) is 11.2. The molecule has 31 heavy (non-hydrogen) atoms. The molecule has 7 heteroatoms. The maximum atomic E-state index is 12.6. The molecule has 6 nitrogen and oxygen atoms in total. The largest absolute Gasteiger partial charge is 0.367 e.